The van der Waals surface area contributed by atoms with Gasteiger partial charge >= 0.3 is 0 Å². The number of benzene rings is 1. The molecule has 0 aromatic heterocycles. The Balaban J connectivity index is 2.34. The molecule has 0 spiro atoms. The fourth-order valence-electron chi connectivity index (χ4n) is 3.66. The maximum atomic E-state index is 6.49. The molecular formula is C18H29NO. The van der Waals surface area contributed by atoms with Crippen molar-refractivity contribution in [3.05, 3.63) is 29.3 Å². The molecule has 1 heterocycles. The van der Waals surface area contributed by atoms with Crippen LogP contribution in [0.4, 0.5) is 0 Å². The maximum absolute atomic E-state index is 6.49. The van der Waals surface area contributed by atoms with Gasteiger partial charge in [-0.15, -0.1) is 0 Å². The first-order valence-electron chi connectivity index (χ1n) is 7.86. The lowest BCUT2D eigenvalue weighted by Crippen LogP contribution is -2.45. The van der Waals surface area contributed by atoms with Crippen LogP contribution in [0.3, 0.4) is 0 Å². The predicted molar refractivity (Wildman–Crippen MR) is 85.0 cm³/mol. The topological polar surface area (TPSA) is 35.2 Å². The molecule has 20 heavy (non-hydrogen) atoms. The lowest BCUT2D eigenvalue weighted by Gasteiger charge is -2.43. The third-order valence-electron chi connectivity index (χ3n) is 4.04. The monoisotopic (exact) mass is 275 g/mol. The molecule has 0 aliphatic carbocycles. The molecule has 2 rings (SSSR count). The van der Waals surface area contributed by atoms with Gasteiger partial charge in [0, 0.05) is 18.0 Å². The van der Waals surface area contributed by atoms with Crippen molar-refractivity contribution in [2.45, 2.75) is 65.5 Å². The van der Waals surface area contributed by atoms with Crippen LogP contribution in [0, 0.1) is 18.8 Å². The summed E-state index contributed by atoms with van der Waals surface area (Å²) in [5, 5.41) is 0. The van der Waals surface area contributed by atoms with Gasteiger partial charge in [0.2, 0.25) is 0 Å². The van der Waals surface area contributed by atoms with E-state index in [-0.39, 0.29) is 11.6 Å². The predicted octanol–water partition coefficient (Wildman–Crippen LogP) is 4.61. The molecule has 0 bridgehead atoms. The Morgan fingerprint density at radius 3 is 2.35 bits per heavy atom. The summed E-state index contributed by atoms with van der Waals surface area (Å²) in [5.41, 5.74) is 8.80. The van der Waals surface area contributed by atoms with Crippen LogP contribution in [0.15, 0.2) is 18.2 Å². The standard InChI is InChI=1S/C18H29NO/c1-12(2)9-18(10-13(3)4)11-16(19)15-8-14(5)6-7-17(15)20-18/h6-8,12-13,16H,9-11,19H2,1-5H3/t16-/m1/s1. The highest BCUT2D eigenvalue weighted by molar-refractivity contribution is 5.41. The van der Waals surface area contributed by atoms with E-state index >= 15 is 0 Å². The van der Waals surface area contributed by atoms with Gasteiger partial charge in [-0.2, -0.15) is 0 Å². The second-order valence-electron chi connectivity index (χ2n) is 7.33. The molecule has 1 aromatic carbocycles. The zero-order chi connectivity index (χ0) is 14.9. The van der Waals surface area contributed by atoms with Crippen LogP contribution in [0.25, 0.3) is 0 Å². The molecule has 0 amide bonds. The molecular weight excluding hydrogens is 246 g/mol. The Kier molecular flexibility index (Phi) is 4.43. The number of fused-ring (bicyclic) bond motifs is 1. The number of rotatable bonds is 4. The smallest absolute Gasteiger partial charge is 0.124 e. The average molecular weight is 275 g/mol. The van der Waals surface area contributed by atoms with E-state index < -0.39 is 0 Å². The summed E-state index contributed by atoms with van der Waals surface area (Å²) in [4.78, 5) is 0. The quantitative estimate of drug-likeness (QED) is 0.871. The molecule has 0 saturated carbocycles. The first kappa shape index (κ1) is 15.4. The molecule has 1 aliphatic rings. The summed E-state index contributed by atoms with van der Waals surface area (Å²) in [5.74, 6) is 2.23. The van der Waals surface area contributed by atoms with Crippen molar-refractivity contribution in [2.75, 3.05) is 0 Å². The van der Waals surface area contributed by atoms with Crippen molar-refractivity contribution in [1.29, 1.82) is 0 Å². The molecule has 0 fully saturated rings. The molecule has 2 nitrogen and oxygen atoms in total. The largest absolute Gasteiger partial charge is 0.487 e. The van der Waals surface area contributed by atoms with Crippen LogP contribution in [0.2, 0.25) is 0 Å². The summed E-state index contributed by atoms with van der Waals surface area (Å²) in [6.45, 7) is 11.2. The Labute approximate surface area is 123 Å². The Bertz CT molecular complexity index is 454. The fraction of sp³-hybridized carbons (Fsp3) is 0.667. The van der Waals surface area contributed by atoms with Crippen molar-refractivity contribution >= 4 is 0 Å². The van der Waals surface area contributed by atoms with Gasteiger partial charge in [0.15, 0.2) is 0 Å². The van der Waals surface area contributed by atoms with Crippen LogP contribution in [-0.2, 0) is 0 Å². The molecule has 0 saturated heterocycles. The van der Waals surface area contributed by atoms with E-state index in [0.29, 0.717) is 11.8 Å². The van der Waals surface area contributed by atoms with Crippen molar-refractivity contribution in [2.24, 2.45) is 17.6 Å². The highest BCUT2D eigenvalue weighted by Crippen LogP contribution is 2.44. The van der Waals surface area contributed by atoms with E-state index in [1.165, 1.54) is 11.1 Å². The van der Waals surface area contributed by atoms with Gasteiger partial charge in [-0.25, -0.2) is 0 Å². The molecule has 2 heteroatoms. The van der Waals surface area contributed by atoms with Crippen LogP contribution in [0.5, 0.6) is 5.75 Å². The van der Waals surface area contributed by atoms with Crippen molar-refractivity contribution < 1.29 is 4.74 Å². The van der Waals surface area contributed by atoms with Crippen LogP contribution in [0.1, 0.15) is 64.1 Å². The fourth-order valence-corrected chi connectivity index (χ4v) is 3.66. The van der Waals surface area contributed by atoms with Gasteiger partial charge in [-0.3, -0.25) is 0 Å². The normalized spacial score (nSPS) is 20.9. The van der Waals surface area contributed by atoms with Gasteiger partial charge in [0.25, 0.3) is 0 Å². The average Bonchev–Trinajstić information content (AvgIpc) is 2.28. The Morgan fingerprint density at radius 1 is 1.20 bits per heavy atom. The highest BCUT2D eigenvalue weighted by Gasteiger charge is 2.40. The maximum Gasteiger partial charge on any atom is 0.124 e. The summed E-state index contributed by atoms with van der Waals surface area (Å²) in [7, 11) is 0. The highest BCUT2D eigenvalue weighted by atomic mass is 16.5. The SMILES string of the molecule is Cc1ccc2c(c1)[C@H](N)CC(CC(C)C)(CC(C)C)O2. The summed E-state index contributed by atoms with van der Waals surface area (Å²) in [6, 6.07) is 6.48. The minimum absolute atomic E-state index is 0.0932. The minimum Gasteiger partial charge on any atom is -0.487 e. The number of ether oxygens (including phenoxy) is 1. The van der Waals surface area contributed by atoms with E-state index in [1.54, 1.807) is 0 Å². The zero-order valence-corrected chi connectivity index (χ0v) is 13.6. The molecule has 0 unspecified atom stereocenters. The minimum atomic E-state index is -0.0932. The third-order valence-corrected chi connectivity index (χ3v) is 4.04. The summed E-state index contributed by atoms with van der Waals surface area (Å²) >= 11 is 0. The van der Waals surface area contributed by atoms with E-state index in [1.807, 2.05) is 0 Å². The zero-order valence-electron chi connectivity index (χ0n) is 13.6. The molecule has 112 valence electrons. The summed E-state index contributed by atoms with van der Waals surface area (Å²) in [6.07, 6.45) is 3.08. The molecule has 1 aliphatic heterocycles. The van der Waals surface area contributed by atoms with Crippen LogP contribution in [-0.4, -0.2) is 5.60 Å². The van der Waals surface area contributed by atoms with Gasteiger partial charge in [0.05, 0.1) is 0 Å². The van der Waals surface area contributed by atoms with Crippen LogP contribution < -0.4 is 10.5 Å². The van der Waals surface area contributed by atoms with Gasteiger partial charge < -0.3 is 10.5 Å². The second-order valence-corrected chi connectivity index (χ2v) is 7.33. The van der Waals surface area contributed by atoms with E-state index in [4.69, 9.17) is 10.5 Å². The van der Waals surface area contributed by atoms with Crippen molar-refractivity contribution in [3.63, 3.8) is 0 Å². The van der Waals surface area contributed by atoms with E-state index in [0.717, 1.165) is 25.0 Å². The van der Waals surface area contributed by atoms with Crippen LogP contribution >= 0.6 is 0 Å². The molecule has 1 aromatic rings. The lowest BCUT2D eigenvalue weighted by atomic mass is 9.77. The lowest BCUT2D eigenvalue weighted by molar-refractivity contribution is -0.00163. The third kappa shape index (κ3) is 3.35. The molecule has 0 radical (unpaired) electrons. The van der Waals surface area contributed by atoms with Gasteiger partial charge in [0.1, 0.15) is 11.4 Å². The first-order valence-corrected chi connectivity index (χ1v) is 7.86. The Morgan fingerprint density at radius 2 is 1.80 bits per heavy atom. The van der Waals surface area contributed by atoms with E-state index in [2.05, 4.69) is 52.8 Å². The summed E-state index contributed by atoms with van der Waals surface area (Å²) < 4.78 is 6.49. The number of aryl methyl sites for hydroxylation is 1. The van der Waals surface area contributed by atoms with Gasteiger partial charge in [-0.1, -0.05) is 45.4 Å². The first-order chi connectivity index (χ1) is 9.31. The number of hydrogen-bond donors (Lipinski definition) is 1. The Hall–Kier alpha value is -1.02. The number of nitrogens with two attached hydrogens (primary N) is 1. The van der Waals surface area contributed by atoms with Crippen molar-refractivity contribution in [1.82, 2.24) is 0 Å². The second kappa shape index (κ2) is 5.77. The number of hydrogen-bond acceptors (Lipinski definition) is 2. The molecule has 2 N–H and O–H groups in total. The van der Waals surface area contributed by atoms with Gasteiger partial charge in [-0.05, 0) is 37.7 Å². The van der Waals surface area contributed by atoms with E-state index in [9.17, 15) is 0 Å². The van der Waals surface area contributed by atoms with Crippen molar-refractivity contribution in [3.8, 4) is 5.75 Å². The molecule has 1 atom stereocenters.